The average molecular weight is 260 g/mol. The molecule has 0 atom stereocenters. The Morgan fingerprint density at radius 2 is 1.53 bits per heavy atom. The summed E-state index contributed by atoms with van der Waals surface area (Å²) in [6.45, 7) is 0. The Balaban J connectivity index is 2.36. The second-order valence-corrected chi connectivity index (χ2v) is 4.96. The predicted molar refractivity (Wildman–Crippen MR) is 50.1 cm³/mol. The Labute approximate surface area is 89.5 Å². The standard InChI is InChI=1S/C6H12O7S2/c7-14(8)12-5-1-3-6(4-2-5)13-15(9,10)11/h5-6,14H,1-4H2,(H,9,10,11). The van der Waals surface area contributed by atoms with Gasteiger partial charge in [0.25, 0.3) is 11.0 Å². The summed E-state index contributed by atoms with van der Waals surface area (Å²) in [5.74, 6) is 0. The SMILES string of the molecule is O=[SH](=O)OC1CCC(OS(=O)(=O)O)CC1. The van der Waals surface area contributed by atoms with Gasteiger partial charge in [-0.2, -0.15) is 8.42 Å². The fraction of sp³-hybridized carbons (Fsp3) is 1.00. The molecule has 1 saturated carbocycles. The lowest BCUT2D eigenvalue weighted by atomic mass is 9.95. The third-order valence-electron chi connectivity index (χ3n) is 2.11. The Morgan fingerprint density at radius 1 is 1.07 bits per heavy atom. The molecule has 1 N–H and O–H groups in total. The molecule has 0 aromatic heterocycles. The summed E-state index contributed by atoms with van der Waals surface area (Å²) in [5, 5.41) is 0. The molecule has 1 aliphatic carbocycles. The number of thiol groups is 1. The van der Waals surface area contributed by atoms with Gasteiger partial charge < -0.3 is 0 Å². The van der Waals surface area contributed by atoms with Crippen LogP contribution in [-0.4, -0.2) is 33.6 Å². The maximum Gasteiger partial charge on any atom is 0.397 e. The van der Waals surface area contributed by atoms with Crippen molar-refractivity contribution in [3.05, 3.63) is 0 Å². The van der Waals surface area contributed by atoms with E-state index in [0.717, 1.165) is 0 Å². The summed E-state index contributed by atoms with van der Waals surface area (Å²) in [6.07, 6.45) is 0.464. The van der Waals surface area contributed by atoms with Crippen LogP contribution in [0.2, 0.25) is 0 Å². The molecule has 7 nitrogen and oxygen atoms in total. The third-order valence-corrected chi connectivity index (χ3v) is 3.10. The van der Waals surface area contributed by atoms with E-state index >= 15 is 0 Å². The van der Waals surface area contributed by atoms with Crippen molar-refractivity contribution in [2.45, 2.75) is 37.9 Å². The molecule has 1 fully saturated rings. The van der Waals surface area contributed by atoms with Crippen molar-refractivity contribution >= 4 is 21.4 Å². The highest BCUT2D eigenvalue weighted by molar-refractivity contribution is 7.80. The first kappa shape index (κ1) is 12.8. The van der Waals surface area contributed by atoms with Gasteiger partial charge in [-0.05, 0) is 25.7 Å². The molecule has 0 heterocycles. The van der Waals surface area contributed by atoms with Crippen molar-refractivity contribution in [3.63, 3.8) is 0 Å². The third kappa shape index (κ3) is 5.42. The molecule has 0 unspecified atom stereocenters. The van der Waals surface area contributed by atoms with Gasteiger partial charge in [-0.1, -0.05) is 0 Å². The van der Waals surface area contributed by atoms with Crippen LogP contribution in [0.15, 0.2) is 0 Å². The summed E-state index contributed by atoms with van der Waals surface area (Å²) >= 11 is 0. The molecule has 90 valence electrons. The van der Waals surface area contributed by atoms with Gasteiger partial charge in [-0.25, -0.2) is 12.6 Å². The van der Waals surface area contributed by atoms with Crippen LogP contribution in [0.5, 0.6) is 0 Å². The average Bonchev–Trinajstić information content (AvgIpc) is 2.05. The van der Waals surface area contributed by atoms with Crippen LogP contribution in [0.25, 0.3) is 0 Å². The van der Waals surface area contributed by atoms with E-state index in [1.165, 1.54) is 0 Å². The topological polar surface area (TPSA) is 107 Å². The molecule has 0 spiro atoms. The minimum absolute atomic E-state index is 0.341. The Bertz CT molecular complexity index is 355. The van der Waals surface area contributed by atoms with Gasteiger partial charge in [0.1, 0.15) is 0 Å². The minimum atomic E-state index is -4.42. The van der Waals surface area contributed by atoms with Gasteiger partial charge in [-0.15, -0.1) is 0 Å². The lowest BCUT2D eigenvalue weighted by molar-refractivity contribution is 0.0825. The quantitative estimate of drug-likeness (QED) is 0.526. The lowest BCUT2D eigenvalue weighted by Gasteiger charge is -2.25. The van der Waals surface area contributed by atoms with Crippen molar-refractivity contribution in [3.8, 4) is 0 Å². The molecular formula is C6H12O7S2. The van der Waals surface area contributed by atoms with E-state index in [2.05, 4.69) is 8.37 Å². The highest BCUT2D eigenvalue weighted by Gasteiger charge is 2.26. The molecule has 0 bridgehead atoms. The normalized spacial score (nSPS) is 28.1. The minimum Gasteiger partial charge on any atom is -0.269 e. The first-order chi connectivity index (χ1) is 6.87. The second kappa shape index (κ2) is 5.21. The van der Waals surface area contributed by atoms with Gasteiger partial charge in [0.05, 0.1) is 12.2 Å². The molecular weight excluding hydrogens is 248 g/mol. The molecule has 1 aliphatic rings. The van der Waals surface area contributed by atoms with Crippen LogP contribution in [0.1, 0.15) is 25.7 Å². The zero-order valence-electron chi connectivity index (χ0n) is 7.74. The number of hydrogen-bond donors (Lipinski definition) is 2. The summed E-state index contributed by atoms with van der Waals surface area (Å²) in [7, 11) is -7.30. The van der Waals surface area contributed by atoms with E-state index in [-0.39, 0.29) is 0 Å². The van der Waals surface area contributed by atoms with Crippen molar-refractivity contribution in [2.75, 3.05) is 0 Å². The van der Waals surface area contributed by atoms with Gasteiger partial charge in [0, 0.05) is 0 Å². The number of hydrogen-bond acceptors (Lipinski definition) is 6. The summed E-state index contributed by atoms with van der Waals surface area (Å²) in [6, 6.07) is 0. The maximum atomic E-state index is 10.4. The number of rotatable bonds is 4. The van der Waals surface area contributed by atoms with Crippen LogP contribution in [0.4, 0.5) is 0 Å². The fourth-order valence-corrected chi connectivity index (χ4v) is 2.52. The van der Waals surface area contributed by atoms with E-state index in [1.54, 1.807) is 0 Å². The van der Waals surface area contributed by atoms with E-state index in [4.69, 9.17) is 4.55 Å². The second-order valence-electron chi connectivity index (χ2n) is 3.25. The van der Waals surface area contributed by atoms with Gasteiger partial charge in [0.2, 0.25) is 0 Å². The van der Waals surface area contributed by atoms with Crippen LogP contribution in [0, 0.1) is 0 Å². The van der Waals surface area contributed by atoms with E-state index < -0.39 is 33.6 Å². The van der Waals surface area contributed by atoms with Crippen molar-refractivity contribution in [2.24, 2.45) is 0 Å². The molecule has 0 radical (unpaired) electrons. The zero-order chi connectivity index (χ0) is 11.5. The molecule has 15 heavy (non-hydrogen) atoms. The highest BCUT2D eigenvalue weighted by atomic mass is 32.3. The molecule has 1 rings (SSSR count). The predicted octanol–water partition coefficient (Wildman–Crippen LogP) is -0.340. The maximum absolute atomic E-state index is 10.4. The monoisotopic (exact) mass is 260 g/mol. The van der Waals surface area contributed by atoms with E-state index in [0.29, 0.717) is 25.7 Å². The van der Waals surface area contributed by atoms with Gasteiger partial charge in [-0.3, -0.25) is 8.74 Å². The van der Waals surface area contributed by atoms with Crippen molar-refractivity contribution in [1.82, 2.24) is 0 Å². The van der Waals surface area contributed by atoms with Crippen molar-refractivity contribution in [1.29, 1.82) is 0 Å². The molecule has 0 amide bonds. The lowest BCUT2D eigenvalue weighted by Crippen LogP contribution is -2.27. The van der Waals surface area contributed by atoms with Crippen LogP contribution in [0.3, 0.4) is 0 Å². The smallest absolute Gasteiger partial charge is 0.269 e. The first-order valence-electron chi connectivity index (χ1n) is 4.33. The zero-order valence-corrected chi connectivity index (χ0v) is 9.45. The Kier molecular flexibility index (Phi) is 4.46. The molecule has 0 aromatic carbocycles. The van der Waals surface area contributed by atoms with Gasteiger partial charge >= 0.3 is 10.4 Å². The summed E-state index contributed by atoms with van der Waals surface area (Å²) in [5.41, 5.74) is 0. The van der Waals surface area contributed by atoms with Crippen molar-refractivity contribution < 1.29 is 29.8 Å². The summed E-state index contributed by atoms with van der Waals surface area (Å²) in [4.78, 5) is 0. The first-order valence-corrected chi connectivity index (χ1v) is 6.80. The van der Waals surface area contributed by atoms with Gasteiger partial charge in [0.15, 0.2) is 0 Å². The largest absolute Gasteiger partial charge is 0.397 e. The fourth-order valence-electron chi connectivity index (χ4n) is 1.53. The van der Waals surface area contributed by atoms with Crippen LogP contribution < -0.4 is 0 Å². The highest BCUT2D eigenvalue weighted by Crippen LogP contribution is 2.24. The summed E-state index contributed by atoms with van der Waals surface area (Å²) < 4.78 is 58.5. The molecule has 0 aliphatic heterocycles. The Hall–Kier alpha value is -0.220. The van der Waals surface area contributed by atoms with Crippen LogP contribution >= 0.6 is 0 Å². The van der Waals surface area contributed by atoms with E-state index in [9.17, 15) is 16.8 Å². The van der Waals surface area contributed by atoms with Crippen LogP contribution in [-0.2, 0) is 29.8 Å². The molecule has 9 heteroatoms. The van der Waals surface area contributed by atoms with E-state index in [1.807, 2.05) is 0 Å². The molecule has 0 aromatic rings. The Morgan fingerprint density at radius 3 is 1.93 bits per heavy atom. The molecule has 0 saturated heterocycles.